The fraction of sp³-hybridized carbons (Fsp3) is 0.304. The van der Waals surface area contributed by atoms with Gasteiger partial charge in [-0.1, -0.05) is 54.1 Å². The molecular weight excluding hydrogens is 350 g/mol. The van der Waals surface area contributed by atoms with Gasteiger partial charge in [0.25, 0.3) is 0 Å². The summed E-state index contributed by atoms with van der Waals surface area (Å²) in [5, 5.41) is 2.86. The minimum absolute atomic E-state index is 0.0500. The van der Waals surface area contributed by atoms with Crippen molar-refractivity contribution < 1.29 is 9.59 Å². The molecule has 0 fully saturated rings. The Kier molecular flexibility index (Phi) is 6.61. The smallest absolute Gasteiger partial charge is 0.238 e. The maximum absolute atomic E-state index is 12.6. The molecule has 28 heavy (non-hydrogen) atoms. The van der Waals surface area contributed by atoms with Crippen LogP contribution in [0, 0.1) is 6.92 Å². The van der Waals surface area contributed by atoms with Gasteiger partial charge in [0, 0.05) is 18.8 Å². The van der Waals surface area contributed by atoms with Gasteiger partial charge in [0.1, 0.15) is 0 Å². The number of carbonyl (C=O) groups excluding carboxylic acids is 2. The molecule has 0 saturated carbocycles. The number of carbonyl (C=O) groups is 2. The zero-order chi connectivity index (χ0) is 19.9. The van der Waals surface area contributed by atoms with Gasteiger partial charge in [-0.2, -0.15) is 0 Å². The predicted molar refractivity (Wildman–Crippen MR) is 113 cm³/mol. The van der Waals surface area contributed by atoms with Crippen LogP contribution in [0.4, 0.5) is 5.69 Å². The van der Waals surface area contributed by atoms with Crippen LogP contribution in [0.5, 0.6) is 0 Å². The molecule has 2 amide bonds. The molecular formula is C23H27N3O2. The number of rotatable bonds is 6. The lowest BCUT2D eigenvalue weighted by atomic mass is 9.99. The van der Waals surface area contributed by atoms with Crippen molar-refractivity contribution in [1.82, 2.24) is 9.80 Å². The zero-order valence-electron chi connectivity index (χ0n) is 16.5. The van der Waals surface area contributed by atoms with Crippen molar-refractivity contribution in [3.8, 4) is 0 Å². The summed E-state index contributed by atoms with van der Waals surface area (Å²) in [5.74, 6) is -0.0712. The number of hydrogen-bond donors (Lipinski definition) is 1. The van der Waals surface area contributed by atoms with Gasteiger partial charge < -0.3 is 10.2 Å². The maximum Gasteiger partial charge on any atom is 0.238 e. The van der Waals surface area contributed by atoms with Gasteiger partial charge in [0.15, 0.2) is 0 Å². The van der Waals surface area contributed by atoms with E-state index in [0.717, 1.165) is 17.7 Å². The van der Waals surface area contributed by atoms with Crippen molar-refractivity contribution in [3.05, 3.63) is 71.8 Å². The van der Waals surface area contributed by atoms with Crippen LogP contribution in [0.3, 0.4) is 0 Å². The van der Waals surface area contributed by atoms with E-state index in [1.54, 1.807) is 11.9 Å². The second-order valence-corrected chi connectivity index (χ2v) is 7.27. The van der Waals surface area contributed by atoms with Crippen LogP contribution in [0.1, 0.15) is 17.5 Å². The Morgan fingerprint density at radius 2 is 1.75 bits per heavy atom. The van der Waals surface area contributed by atoms with E-state index in [1.165, 1.54) is 11.1 Å². The number of aryl methyl sites for hydroxylation is 1. The van der Waals surface area contributed by atoms with E-state index in [0.29, 0.717) is 13.1 Å². The van der Waals surface area contributed by atoms with E-state index in [4.69, 9.17) is 0 Å². The van der Waals surface area contributed by atoms with Crippen molar-refractivity contribution in [3.63, 3.8) is 0 Å². The number of benzene rings is 2. The second-order valence-electron chi connectivity index (χ2n) is 7.27. The molecule has 5 heteroatoms. The molecule has 0 bridgehead atoms. The van der Waals surface area contributed by atoms with Crippen LogP contribution < -0.4 is 5.32 Å². The standard InChI is InChI=1S/C23H27N3O2/c1-18-8-10-21(11-9-18)24-22(27)16-25(2)17-23(28)26-14-12-20(13-15-26)19-6-4-3-5-7-19/h3-12H,13-17H2,1-2H3,(H,24,27). The Hall–Kier alpha value is -2.92. The van der Waals surface area contributed by atoms with Gasteiger partial charge in [-0.05, 0) is 43.7 Å². The van der Waals surface area contributed by atoms with Crippen molar-refractivity contribution in [2.75, 3.05) is 38.5 Å². The second kappa shape index (κ2) is 9.33. The molecule has 0 spiro atoms. The number of hydrogen-bond acceptors (Lipinski definition) is 3. The highest BCUT2D eigenvalue weighted by Crippen LogP contribution is 2.22. The maximum atomic E-state index is 12.6. The molecule has 0 unspecified atom stereocenters. The third-order valence-electron chi connectivity index (χ3n) is 4.86. The van der Waals surface area contributed by atoms with Crippen LogP contribution in [0.2, 0.25) is 0 Å². The molecule has 5 nitrogen and oxygen atoms in total. The molecule has 0 saturated heterocycles. The highest BCUT2D eigenvalue weighted by Gasteiger charge is 2.20. The monoisotopic (exact) mass is 377 g/mol. The lowest BCUT2D eigenvalue weighted by Crippen LogP contribution is -2.42. The molecule has 146 valence electrons. The number of likely N-dealkylation sites (N-methyl/N-ethyl adjacent to an activating group) is 1. The first-order valence-corrected chi connectivity index (χ1v) is 9.58. The fourth-order valence-electron chi connectivity index (χ4n) is 3.28. The summed E-state index contributed by atoms with van der Waals surface area (Å²) in [6.07, 6.45) is 2.98. The highest BCUT2D eigenvalue weighted by atomic mass is 16.2. The summed E-state index contributed by atoms with van der Waals surface area (Å²) in [4.78, 5) is 28.3. The third kappa shape index (κ3) is 5.54. The number of nitrogens with zero attached hydrogens (tertiary/aromatic N) is 2. The summed E-state index contributed by atoms with van der Waals surface area (Å²) in [5.41, 5.74) is 4.42. The summed E-state index contributed by atoms with van der Waals surface area (Å²) < 4.78 is 0. The van der Waals surface area contributed by atoms with E-state index in [9.17, 15) is 9.59 Å². The molecule has 0 aromatic heterocycles. The molecule has 2 aromatic rings. The van der Waals surface area contributed by atoms with Crippen LogP contribution in [-0.2, 0) is 9.59 Å². The Bertz CT molecular complexity index is 844. The van der Waals surface area contributed by atoms with Gasteiger partial charge >= 0.3 is 0 Å². The molecule has 3 rings (SSSR count). The summed E-state index contributed by atoms with van der Waals surface area (Å²) in [6, 6.07) is 17.9. The lowest BCUT2D eigenvalue weighted by molar-refractivity contribution is -0.132. The highest BCUT2D eigenvalue weighted by molar-refractivity contribution is 5.92. The van der Waals surface area contributed by atoms with Crippen molar-refractivity contribution >= 4 is 23.1 Å². The Balaban J connectivity index is 1.46. The normalized spacial score (nSPS) is 14.0. The quantitative estimate of drug-likeness (QED) is 0.841. The zero-order valence-corrected chi connectivity index (χ0v) is 16.5. The molecule has 1 aliphatic heterocycles. The topological polar surface area (TPSA) is 52.7 Å². The molecule has 0 aliphatic carbocycles. The van der Waals surface area contributed by atoms with E-state index in [1.807, 2.05) is 54.3 Å². The van der Waals surface area contributed by atoms with E-state index >= 15 is 0 Å². The van der Waals surface area contributed by atoms with Crippen molar-refractivity contribution in [2.24, 2.45) is 0 Å². The molecule has 1 aliphatic rings. The van der Waals surface area contributed by atoms with Crippen LogP contribution in [-0.4, -0.2) is 54.8 Å². The van der Waals surface area contributed by atoms with Gasteiger partial charge in [0.05, 0.1) is 13.1 Å². The molecule has 1 heterocycles. The van der Waals surface area contributed by atoms with Crippen LogP contribution in [0.25, 0.3) is 5.57 Å². The van der Waals surface area contributed by atoms with Gasteiger partial charge in [-0.15, -0.1) is 0 Å². The van der Waals surface area contributed by atoms with Gasteiger partial charge in [0.2, 0.25) is 11.8 Å². The number of nitrogens with one attached hydrogen (secondary N) is 1. The summed E-state index contributed by atoms with van der Waals surface area (Å²) in [7, 11) is 1.79. The number of amides is 2. The molecule has 0 radical (unpaired) electrons. The van der Waals surface area contributed by atoms with Gasteiger partial charge in [-0.25, -0.2) is 0 Å². The average molecular weight is 377 g/mol. The minimum atomic E-state index is -0.121. The Morgan fingerprint density at radius 1 is 1.04 bits per heavy atom. The first kappa shape index (κ1) is 19.8. The van der Waals surface area contributed by atoms with Crippen LogP contribution >= 0.6 is 0 Å². The first-order chi connectivity index (χ1) is 13.5. The van der Waals surface area contributed by atoms with Gasteiger partial charge in [-0.3, -0.25) is 14.5 Å². The number of anilines is 1. The first-order valence-electron chi connectivity index (χ1n) is 9.58. The Labute approximate surface area is 166 Å². The van der Waals surface area contributed by atoms with E-state index in [-0.39, 0.29) is 24.9 Å². The fourth-order valence-corrected chi connectivity index (χ4v) is 3.28. The largest absolute Gasteiger partial charge is 0.338 e. The van der Waals surface area contributed by atoms with Crippen molar-refractivity contribution in [1.29, 1.82) is 0 Å². The SMILES string of the molecule is Cc1ccc(NC(=O)CN(C)CC(=O)N2CC=C(c3ccccc3)CC2)cc1. The average Bonchev–Trinajstić information content (AvgIpc) is 2.70. The van der Waals surface area contributed by atoms with E-state index in [2.05, 4.69) is 23.5 Å². The third-order valence-corrected chi connectivity index (χ3v) is 4.86. The molecule has 2 aromatic carbocycles. The van der Waals surface area contributed by atoms with E-state index < -0.39 is 0 Å². The summed E-state index contributed by atoms with van der Waals surface area (Å²) >= 11 is 0. The minimum Gasteiger partial charge on any atom is -0.338 e. The predicted octanol–water partition coefficient (Wildman–Crippen LogP) is 3.18. The molecule has 0 atom stereocenters. The Morgan fingerprint density at radius 3 is 2.39 bits per heavy atom. The summed E-state index contributed by atoms with van der Waals surface area (Å²) in [6.45, 7) is 3.74. The van der Waals surface area contributed by atoms with Crippen LogP contribution in [0.15, 0.2) is 60.7 Å². The van der Waals surface area contributed by atoms with Crippen molar-refractivity contribution in [2.45, 2.75) is 13.3 Å². The lowest BCUT2D eigenvalue weighted by Gasteiger charge is -2.28. The molecule has 1 N–H and O–H groups in total.